The maximum atomic E-state index is 13.2. The number of fused-ring (bicyclic) bond motifs is 3. The lowest BCUT2D eigenvalue weighted by Gasteiger charge is -2.31. The van der Waals surface area contributed by atoms with Gasteiger partial charge in [0.2, 0.25) is 11.1 Å². The summed E-state index contributed by atoms with van der Waals surface area (Å²) in [6, 6.07) is 25.0. The Morgan fingerprint density at radius 1 is 1.06 bits per heavy atom. The van der Waals surface area contributed by atoms with Gasteiger partial charge in [-0.2, -0.15) is 0 Å². The van der Waals surface area contributed by atoms with Gasteiger partial charge >= 0.3 is 11.3 Å². The zero-order valence-corrected chi connectivity index (χ0v) is 20.3. The molecule has 35 heavy (non-hydrogen) atoms. The highest BCUT2D eigenvalue weighted by atomic mass is 32.2. The van der Waals surface area contributed by atoms with Crippen LogP contribution in [0.5, 0.6) is 5.75 Å². The van der Waals surface area contributed by atoms with Crippen molar-refractivity contribution in [1.29, 1.82) is 0 Å². The van der Waals surface area contributed by atoms with Gasteiger partial charge in [-0.15, -0.1) is 0 Å². The van der Waals surface area contributed by atoms with Crippen molar-refractivity contribution in [2.45, 2.75) is 31.8 Å². The highest BCUT2D eigenvalue weighted by Crippen LogP contribution is 2.37. The number of benzene rings is 3. The predicted molar refractivity (Wildman–Crippen MR) is 135 cm³/mol. The van der Waals surface area contributed by atoms with E-state index in [1.807, 2.05) is 85.8 Å². The summed E-state index contributed by atoms with van der Waals surface area (Å²) < 4.78 is 7.61. The van der Waals surface area contributed by atoms with E-state index in [-0.39, 0.29) is 11.5 Å². The molecule has 4 aromatic rings. The molecular weight excluding hydrogens is 460 g/mol. The lowest BCUT2D eigenvalue weighted by molar-refractivity contribution is -0.763. The van der Waals surface area contributed by atoms with Gasteiger partial charge < -0.3 is 4.74 Å². The second-order valence-corrected chi connectivity index (χ2v) is 9.36. The van der Waals surface area contributed by atoms with Crippen LogP contribution in [-0.4, -0.2) is 21.7 Å². The van der Waals surface area contributed by atoms with Crippen LogP contribution in [0.15, 0.2) is 88.8 Å². The number of H-pyrrole nitrogens is 1. The van der Waals surface area contributed by atoms with E-state index in [0.29, 0.717) is 28.7 Å². The predicted octanol–water partition coefficient (Wildman–Crippen LogP) is 4.33. The average Bonchev–Trinajstić information content (AvgIpc) is 2.87. The Bertz CT molecular complexity index is 1420. The first-order valence-electron chi connectivity index (χ1n) is 11.4. The number of hydrogen-bond donors (Lipinski definition) is 1. The van der Waals surface area contributed by atoms with Crippen molar-refractivity contribution >= 4 is 23.4 Å². The number of hydrogen-bond acceptors (Lipinski definition) is 5. The molecule has 0 aliphatic carbocycles. The minimum Gasteiger partial charge on any atom is -0.489 e. The molecule has 1 aliphatic rings. The van der Waals surface area contributed by atoms with E-state index < -0.39 is 6.17 Å². The molecule has 0 unspecified atom stereocenters. The number of nitrogens with one attached hydrogen (secondary N) is 1. The number of aromatic nitrogens is 3. The smallest absolute Gasteiger partial charge is 0.325 e. The number of amides is 1. The van der Waals surface area contributed by atoms with Crippen LogP contribution in [-0.2, 0) is 11.4 Å². The lowest BCUT2D eigenvalue weighted by Crippen LogP contribution is -2.60. The minimum atomic E-state index is -0.612. The van der Waals surface area contributed by atoms with Crippen LogP contribution in [0.4, 0.5) is 5.69 Å². The first-order valence-corrected chi connectivity index (χ1v) is 12.4. The molecular formula is C27H25N4O3S+. The Morgan fingerprint density at radius 2 is 1.77 bits per heavy atom. The maximum Gasteiger partial charge on any atom is 0.325 e. The molecule has 0 radical (unpaired) electrons. The van der Waals surface area contributed by atoms with Crippen LogP contribution in [0.25, 0.3) is 11.3 Å². The third-order valence-electron chi connectivity index (χ3n) is 5.81. The minimum absolute atomic E-state index is 0.142. The van der Waals surface area contributed by atoms with Gasteiger partial charge in [0.25, 0.3) is 6.17 Å². The first-order chi connectivity index (χ1) is 17.1. The van der Waals surface area contributed by atoms with Crippen LogP contribution in [0.3, 0.4) is 0 Å². The van der Waals surface area contributed by atoms with Crippen molar-refractivity contribution in [2.24, 2.45) is 0 Å². The van der Waals surface area contributed by atoms with Crippen molar-refractivity contribution in [3.63, 3.8) is 0 Å². The third kappa shape index (κ3) is 4.44. The Balaban J connectivity index is 1.58. The molecule has 8 heteroatoms. The summed E-state index contributed by atoms with van der Waals surface area (Å²) in [7, 11) is 0. The lowest BCUT2D eigenvalue weighted by atomic mass is 10.0. The van der Waals surface area contributed by atoms with E-state index in [0.717, 1.165) is 22.6 Å². The van der Waals surface area contributed by atoms with Gasteiger partial charge in [-0.25, -0.2) is 4.90 Å². The summed E-state index contributed by atoms with van der Waals surface area (Å²) >= 11 is 1.45. The fourth-order valence-corrected chi connectivity index (χ4v) is 4.88. The topological polar surface area (TPSA) is 79.2 Å². The molecule has 7 nitrogen and oxygen atoms in total. The van der Waals surface area contributed by atoms with Crippen LogP contribution < -0.4 is 19.9 Å². The number of para-hydroxylation sites is 1. The average molecular weight is 486 g/mol. The van der Waals surface area contributed by atoms with Crippen molar-refractivity contribution in [3.8, 4) is 17.0 Å². The van der Waals surface area contributed by atoms with Gasteiger partial charge in [0.1, 0.15) is 12.4 Å². The molecule has 176 valence electrons. The molecule has 0 bridgehead atoms. The number of anilines is 1. The second-order valence-electron chi connectivity index (χ2n) is 8.11. The van der Waals surface area contributed by atoms with Crippen molar-refractivity contribution in [2.75, 3.05) is 10.7 Å². The van der Waals surface area contributed by atoms with Crippen LogP contribution in [0, 0.1) is 0 Å². The van der Waals surface area contributed by atoms with E-state index in [1.165, 1.54) is 18.7 Å². The van der Waals surface area contributed by atoms with Gasteiger partial charge in [-0.05, 0) is 52.4 Å². The number of rotatable bonds is 6. The molecule has 0 fully saturated rings. The highest BCUT2D eigenvalue weighted by Gasteiger charge is 2.44. The summed E-state index contributed by atoms with van der Waals surface area (Å²) in [6.45, 7) is 3.99. The molecule has 1 aromatic heterocycles. The third-order valence-corrected chi connectivity index (χ3v) is 6.55. The second kappa shape index (κ2) is 9.76. The molecule has 1 N–H and O–H groups in total. The first kappa shape index (κ1) is 22.9. The maximum absolute atomic E-state index is 13.2. The molecule has 0 spiro atoms. The Kier molecular flexibility index (Phi) is 6.37. The fraction of sp³-hybridized carbons (Fsp3) is 0.185. The molecule has 5 rings (SSSR count). The van der Waals surface area contributed by atoms with Crippen LogP contribution in [0.2, 0.25) is 0 Å². The Labute approximate surface area is 207 Å². The van der Waals surface area contributed by atoms with Crippen molar-refractivity contribution in [1.82, 2.24) is 10.1 Å². The number of thioether (sulfide) groups is 1. The monoisotopic (exact) mass is 485 g/mol. The van der Waals surface area contributed by atoms with Gasteiger partial charge in [0, 0.05) is 17.6 Å². The highest BCUT2D eigenvalue weighted by molar-refractivity contribution is 7.99. The Hall–Kier alpha value is -3.91. The van der Waals surface area contributed by atoms with E-state index in [9.17, 15) is 9.59 Å². The van der Waals surface area contributed by atoms with Gasteiger partial charge in [0.05, 0.1) is 11.3 Å². The zero-order valence-electron chi connectivity index (χ0n) is 19.5. The molecule has 0 saturated carbocycles. The molecule has 1 aliphatic heterocycles. The van der Waals surface area contributed by atoms with Gasteiger partial charge in [-0.1, -0.05) is 61.2 Å². The Morgan fingerprint density at radius 3 is 2.49 bits per heavy atom. The summed E-state index contributed by atoms with van der Waals surface area (Å²) in [5.74, 6) is 1.33. The van der Waals surface area contributed by atoms with E-state index >= 15 is 0 Å². The van der Waals surface area contributed by atoms with Crippen molar-refractivity contribution < 1.29 is 14.2 Å². The molecule has 1 atom stereocenters. The van der Waals surface area contributed by atoms with Gasteiger partial charge in [-0.3, -0.25) is 14.6 Å². The zero-order chi connectivity index (χ0) is 24.4. The number of carbonyl (C=O) groups excluding carboxylic acids is 1. The van der Waals surface area contributed by atoms with E-state index in [1.54, 1.807) is 9.58 Å². The summed E-state index contributed by atoms with van der Waals surface area (Å²) in [6.07, 6.45) is -0.612. The number of nitrogens with zero attached hydrogens (tertiary/aromatic N) is 3. The molecule has 3 aromatic carbocycles. The van der Waals surface area contributed by atoms with Gasteiger partial charge in [0.15, 0.2) is 0 Å². The van der Waals surface area contributed by atoms with Crippen LogP contribution >= 0.6 is 11.8 Å². The van der Waals surface area contributed by atoms with E-state index in [4.69, 9.17) is 9.84 Å². The summed E-state index contributed by atoms with van der Waals surface area (Å²) in [5, 5.41) is 5.26. The molecule has 1 amide bonds. The number of aromatic amines is 1. The largest absolute Gasteiger partial charge is 0.489 e. The number of carbonyl (C=O) groups is 1. The molecule has 0 saturated heterocycles. The van der Waals surface area contributed by atoms with E-state index in [2.05, 4.69) is 4.98 Å². The van der Waals surface area contributed by atoms with Crippen LogP contribution in [0.1, 0.15) is 31.1 Å². The standard InChI is InChI=1S/C27H24N4O3S/c1-3-35-27-28-25(33)24-22-11-7-8-12-23(22)30(18(2)32)26(31(24)29-27)20-13-15-21(16-14-20)34-17-19-9-5-4-6-10-19/h4-16,26H,3,17H2,1-2H3/p+1/t26-/m0/s1. The SMILES string of the molecule is CCSc1n[n+]2c(c(=O)[nH]1)-c1ccccc1N(C(C)=O)[C@@H]2c1ccc(OCc2ccccc2)cc1. The summed E-state index contributed by atoms with van der Waals surface area (Å²) in [5.41, 5.74) is 3.43. The fourth-order valence-electron chi connectivity index (χ4n) is 4.29. The summed E-state index contributed by atoms with van der Waals surface area (Å²) in [4.78, 5) is 30.7. The van der Waals surface area contributed by atoms with Crippen molar-refractivity contribution in [3.05, 3.63) is 100 Å². The normalized spacial score (nSPS) is 14.2. The molecule has 2 heterocycles. The number of ether oxygens (including phenoxy) is 1. The quantitative estimate of drug-likeness (QED) is 0.325.